The van der Waals surface area contributed by atoms with Crippen LogP contribution in [0.5, 0.6) is 5.75 Å². The van der Waals surface area contributed by atoms with Crippen molar-refractivity contribution in [3.63, 3.8) is 0 Å². The molecule has 1 amide bonds. The maximum atomic E-state index is 12.4. The molecule has 0 spiro atoms. The number of amides is 1. The number of sulfone groups is 1. The van der Waals surface area contributed by atoms with E-state index in [9.17, 15) is 18.0 Å². The van der Waals surface area contributed by atoms with Gasteiger partial charge >= 0.3 is 5.97 Å². The maximum absolute atomic E-state index is 12.4. The Bertz CT molecular complexity index is 1100. The van der Waals surface area contributed by atoms with Crippen molar-refractivity contribution in [1.29, 1.82) is 5.41 Å². The summed E-state index contributed by atoms with van der Waals surface area (Å²) in [4.78, 5) is 26.8. The number of carboxylic acid groups (broad SMARTS) is 1. The standard InChI is InChI=1S/C18H18N4O6S2/c1-10(2)9-30(26,27)18-21-22-15(19)13(16(25)20-17(22)29-18)7-11-3-5-12(6-4-11)28-8-14(23)24/h3-7,10,19H,8-9H2,1-2H3,(H,23,24)/b13-7-,19-15?. The van der Waals surface area contributed by atoms with Crippen molar-refractivity contribution in [2.75, 3.05) is 12.4 Å². The zero-order chi connectivity index (χ0) is 22.1. The number of rotatable bonds is 6. The van der Waals surface area contributed by atoms with Crippen molar-refractivity contribution in [1.82, 2.24) is 5.01 Å². The van der Waals surface area contributed by atoms with Gasteiger partial charge in [-0.3, -0.25) is 10.2 Å². The fourth-order valence-electron chi connectivity index (χ4n) is 2.58. The van der Waals surface area contributed by atoms with E-state index in [1.54, 1.807) is 26.0 Å². The molecular weight excluding hydrogens is 432 g/mol. The summed E-state index contributed by atoms with van der Waals surface area (Å²) < 4.78 is 29.7. The molecule has 0 aromatic heterocycles. The second-order valence-corrected chi connectivity index (χ2v) is 9.98. The molecule has 2 aliphatic rings. The van der Waals surface area contributed by atoms with Crippen LogP contribution in [0, 0.1) is 11.3 Å². The molecule has 0 radical (unpaired) electrons. The molecule has 10 nitrogen and oxygen atoms in total. The number of thioether (sulfide) groups is 1. The molecule has 1 aromatic carbocycles. The van der Waals surface area contributed by atoms with Crippen molar-refractivity contribution in [3.8, 4) is 5.75 Å². The van der Waals surface area contributed by atoms with E-state index in [0.717, 1.165) is 16.8 Å². The Morgan fingerprint density at radius 3 is 2.60 bits per heavy atom. The van der Waals surface area contributed by atoms with Gasteiger partial charge in [-0.05, 0) is 41.5 Å². The summed E-state index contributed by atoms with van der Waals surface area (Å²) in [6, 6.07) is 6.23. The highest BCUT2D eigenvalue weighted by Crippen LogP contribution is 2.31. The van der Waals surface area contributed by atoms with Gasteiger partial charge in [0.05, 0.1) is 11.3 Å². The molecule has 0 saturated heterocycles. The molecule has 2 heterocycles. The predicted octanol–water partition coefficient (Wildman–Crippen LogP) is 1.80. The van der Waals surface area contributed by atoms with Crippen molar-refractivity contribution >= 4 is 54.9 Å². The zero-order valence-corrected chi connectivity index (χ0v) is 17.7. The summed E-state index contributed by atoms with van der Waals surface area (Å²) in [5.74, 6) is -1.92. The third-order valence-electron chi connectivity index (χ3n) is 3.81. The van der Waals surface area contributed by atoms with Gasteiger partial charge in [0, 0.05) is 0 Å². The third-order valence-corrected chi connectivity index (χ3v) is 7.24. The van der Waals surface area contributed by atoms with Gasteiger partial charge < -0.3 is 9.84 Å². The van der Waals surface area contributed by atoms with E-state index in [4.69, 9.17) is 15.3 Å². The minimum Gasteiger partial charge on any atom is -0.482 e. The number of carboxylic acids is 1. The molecule has 2 N–H and O–H groups in total. The molecule has 0 unspecified atom stereocenters. The first kappa shape index (κ1) is 21.7. The van der Waals surface area contributed by atoms with Gasteiger partial charge in [0.2, 0.25) is 19.4 Å². The Kier molecular flexibility index (Phi) is 6.08. The number of nitrogens with zero attached hydrogens (tertiary/aromatic N) is 3. The van der Waals surface area contributed by atoms with Crippen LogP contribution in [-0.2, 0) is 19.4 Å². The van der Waals surface area contributed by atoms with Crippen LogP contribution in [0.15, 0.2) is 39.9 Å². The number of hydrazone groups is 1. The molecule has 1 aromatic rings. The lowest BCUT2D eigenvalue weighted by Gasteiger charge is -2.20. The number of aliphatic carboxylic acids is 1. The van der Waals surface area contributed by atoms with Gasteiger partial charge in [0.25, 0.3) is 5.91 Å². The molecule has 30 heavy (non-hydrogen) atoms. The van der Waals surface area contributed by atoms with Crippen molar-refractivity contribution < 1.29 is 27.9 Å². The molecular formula is C18H18N4O6S2. The lowest BCUT2D eigenvalue weighted by molar-refractivity contribution is -0.139. The zero-order valence-electron chi connectivity index (χ0n) is 16.0. The highest BCUT2D eigenvalue weighted by atomic mass is 32.3. The SMILES string of the molecule is CC(C)CS(=O)(=O)C1=NN2C(=N)/C(=C/c3ccc(OCC(=O)O)cc3)C(=O)N=C2S1. The van der Waals surface area contributed by atoms with Gasteiger partial charge in [-0.25, -0.2) is 13.2 Å². The van der Waals surface area contributed by atoms with E-state index in [2.05, 4.69) is 10.1 Å². The molecule has 158 valence electrons. The summed E-state index contributed by atoms with van der Waals surface area (Å²) in [5.41, 5.74) is 0.498. The number of benzene rings is 1. The Labute approximate surface area is 176 Å². The summed E-state index contributed by atoms with van der Waals surface area (Å²) >= 11 is 0.754. The molecule has 0 fully saturated rings. The molecule has 0 atom stereocenters. The van der Waals surface area contributed by atoms with Crippen LogP contribution in [0.3, 0.4) is 0 Å². The average Bonchev–Trinajstić information content (AvgIpc) is 3.08. The van der Waals surface area contributed by atoms with Crippen LogP contribution >= 0.6 is 11.8 Å². The number of carbonyl (C=O) groups excluding carboxylic acids is 1. The van der Waals surface area contributed by atoms with E-state index in [-0.39, 0.29) is 32.6 Å². The smallest absolute Gasteiger partial charge is 0.341 e. The lowest BCUT2D eigenvalue weighted by atomic mass is 10.1. The molecule has 0 aliphatic carbocycles. The minimum atomic E-state index is -3.64. The van der Waals surface area contributed by atoms with Crippen LogP contribution in [0.25, 0.3) is 6.08 Å². The Morgan fingerprint density at radius 1 is 1.33 bits per heavy atom. The number of aliphatic imine (C=N–C) groups is 1. The second-order valence-electron chi connectivity index (χ2n) is 6.81. The van der Waals surface area contributed by atoms with E-state index in [1.807, 2.05) is 0 Å². The van der Waals surface area contributed by atoms with Crippen LogP contribution in [-0.4, -0.2) is 58.1 Å². The fourth-order valence-corrected chi connectivity index (χ4v) is 5.37. The highest BCUT2D eigenvalue weighted by molar-refractivity contribution is 8.42. The Morgan fingerprint density at radius 2 is 2.00 bits per heavy atom. The van der Waals surface area contributed by atoms with Crippen LogP contribution in [0.1, 0.15) is 19.4 Å². The summed E-state index contributed by atoms with van der Waals surface area (Å²) in [7, 11) is -3.64. The van der Waals surface area contributed by atoms with Crippen LogP contribution < -0.4 is 4.74 Å². The molecule has 0 saturated carbocycles. The van der Waals surface area contributed by atoms with Gasteiger partial charge in [0.15, 0.2) is 12.4 Å². The number of nitrogens with one attached hydrogen (secondary N) is 1. The van der Waals surface area contributed by atoms with E-state index < -0.39 is 28.3 Å². The molecule has 2 aliphatic heterocycles. The number of hydrogen-bond acceptors (Lipinski definition) is 8. The topological polar surface area (TPSA) is 150 Å². The quantitative estimate of drug-likeness (QED) is 0.623. The number of ether oxygens (including phenoxy) is 1. The summed E-state index contributed by atoms with van der Waals surface area (Å²) in [5, 5.41) is 22.0. The number of fused-ring (bicyclic) bond motifs is 1. The monoisotopic (exact) mass is 450 g/mol. The largest absolute Gasteiger partial charge is 0.482 e. The van der Waals surface area contributed by atoms with Crippen LogP contribution in [0.4, 0.5) is 0 Å². The summed E-state index contributed by atoms with van der Waals surface area (Å²) in [6.45, 7) is 3.06. The first-order chi connectivity index (χ1) is 14.1. The van der Waals surface area contributed by atoms with Gasteiger partial charge in [0.1, 0.15) is 5.75 Å². The van der Waals surface area contributed by atoms with Crippen molar-refractivity contribution in [2.45, 2.75) is 13.8 Å². The van der Waals surface area contributed by atoms with Crippen LogP contribution in [0.2, 0.25) is 0 Å². The first-order valence-corrected chi connectivity index (χ1v) is 11.2. The third kappa shape index (κ3) is 4.76. The first-order valence-electron chi connectivity index (χ1n) is 8.74. The predicted molar refractivity (Wildman–Crippen MR) is 113 cm³/mol. The summed E-state index contributed by atoms with van der Waals surface area (Å²) in [6.07, 6.45) is 1.42. The number of hydrogen-bond donors (Lipinski definition) is 2. The van der Waals surface area contributed by atoms with Crippen molar-refractivity contribution in [3.05, 3.63) is 35.4 Å². The highest BCUT2D eigenvalue weighted by Gasteiger charge is 2.39. The molecule has 3 rings (SSSR count). The lowest BCUT2D eigenvalue weighted by Crippen LogP contribution is -2.35. The Balaban J connectivity index is 1.83. The fraction of sp³-hybridized carbons (Fsp3) is 0.278. The Hall–Kier alpha value is -2.99. The number of amidine groups is 2. The minimum absolute atomic E-state index is 0.0295. The van der Waals surface area contributed by atoms with Gasteiger partial charge in [-0.1, -0.05) is 26.0 Å². The second kappa shape index (κ2) is 8.40. The average molecular weight is 450 g/mol. The van der Waals surface area contributed by atoms with E-state index in [1.165, 1.54) is 18.2 Å². The molecule has 12 heteroatoms. The number of carbonyl (C=O) groups is 2. The maximum Gasteiger partial charge on any atom is 0.341 e. The normalized spacial score (nSPS) is 17.8. The van der Waals surface area contributed by atoms with Gasteiger partial charge in [-0.2, -0.15) is 10.0 Å². The van der Waals surface area contributed by atoms with E-state index >= 15 is 0 Å². The van der Waals surface area contributed by atoms with E-state index in [0.29, 0.717) is 11.3 Å². The van der Waals surface area contributed by atoms with Crippen molar-refractivity contribution in [2.24, 2.45) is 16.0 Å². The van der Waals surface area contributed by atoms with Gasteiger partial charge in [-0.15, -0.1) is 5.10 Å². The molecule has 0 bridgehead atoms.